The third kappa shape index (κ3) is 3.46. The normalized spacial score (nSPS) is 11.2. The molecule has 0 radical (unpaired) electrons. The van der Waals surface area contributed by atoms with E-state index in [0.29, 0.717) is 5.02 Å². The van der Waals surface area contributed by atoms with Gasteiger partial charge in [0.05, 0.1) is 10.7 Å². The summed E-state index contributed by atoms with van der Waals surface area (Å²) in [6, 6.07) is 6.43. The average molecular weight is 309 g/mol. The lowest BCUT2D eigenvalue weighted by molar-refractivity contribution is 0.102. The van der Waals surface area contributed by atoms with Crippen LogP contribution in [0.2, 0.25) is 5.02 Å². The molecule has 1 amide bonds. The maximum absolute atomic E-state index is 13.2. The summed E-state index contributed by atoms with van der Waals surface area (Å²) in [7, 11) is 0. The minimum atomic E-state index is -0.584. The summed E-state index contributed by atoms with van der Waals surface area (Å²) in [5, 5.41) is 14.4. The van der Waals surface area contributed by atoms with Gasteiger partial charge in [-0.05, 0) is 30.3 Å². The molecule has 108 valence electrons. The van der Waals surface area contributed by atoms with Gasteiger partial charge >= 0.3 is 0 Å². The fourth-order valence-corrected chi connectivity index (χ4v) is 1.70. The number of carbonyl (C=O) groups is 1. The van der Waals surface area contributed by atoms with Gasteiger partial charge in [0.25, 0.3) is 5.91 Å². The van der Waals surface area contributed by atoms with E-state index in [4.69, 9.17) is 22.5 Å². The van der Waals surface area contributed by atoms with Crippen LogP contribution in [0.15, 0.2) is 41.7 Å². The molecule has 4 N–H and O–H groups in total. The molecular formula is C13H10ClFN4O2. The highest BCUT2D eigenvalue weighted by Crippen LogP contribution is 2.18. The number of amidine groups is 1. The van der Waals surface area contributed by atoms with Crippen LogP contribution < -0.4 is 11.1 Å². The Morgan fingerprint density at radius 2 is 2.14 bits per heavy atom. The van der Waals surface area contributed by atoms with Crippen LogP contribution in [0.3, 0.4) is 0 Å². The van der Waals surface area contributed by atoms with Crippen molar-refractivity contribution in [2.75, 3.05) is 5.32 Å². The fourth-order valence-electron chi connectivity index (χ4n) is 1.59. The number of halogens is 2. The Labute approximate surface area is 124 Å². The molecule has 2 rings (SSSR count). The fraction of sp³-hybridized carbons (Fsp3) is 0. The van der Waals surface area contributed by atoms with E-state index in [0.717, 1.165) is 12.1 Å². The third-order valence-electron chi connectivity index (χ3n) is 2.57. The number of nitrogens with zero attached hydrogens (tertiary/aromatic N) is 2. The van der Waals surface area contributed by atoms with Gasteiger partial charge in [-0.25, -0.2) is 9.37 Å². The number of benzene rings is 1. The van der Waals surface area contributed by atoms with Crippen molar-refractivity contribution in [2.24, 2.45) is 10.9 Å². The smallest absolute Gasteiger partial charge is 0.274 e. The average Bonchev–Trinajstić information content (AvgIpc) is 2.48. The van der Waals surface area contributed by atoms with Gasteiger partial charge in [0, 0.05) is 11.8 Å². The topological polar surface area (TPSA) is 101 Å². The summed E-state index contributed by atoms with van der Waals surface area (Å²) in [6.45, 7) is 0. The summed E-state index contributed by atoms with van der Waals surface area (Å²) in [5.74, 6) is -1.45. The van der Waals surface area contributed by atoms with Crippen LogP contribution in [0.4, 0.5) is 10.1 Å². The molecule has 6 nitrogen and oxygen atoms in total. The first-order valence-corrected chi connectivity index (χ1v) is 6.09. The number of rotatable bonds is 3. The summed E-state index contributed by atoms with van der Waals surface area (Å²) < 4.78 is 13.2. The number of anilines is 1. The highest BCUT2D eigenvalue weighted by Gasteiger charge is 2.13. The van der Waals surface area contributed by atoms with Crippen LogP contribution in [0.5, 0.6) is 0 Å². The van der Waals surface area contributed by atoms with Gasteiger partial charge in [0.15, 0.2) is 5.84 Å². The lowest BCUT2D eigenvalue weighted by Crippen LogP contribution is -2.20. The number of pyridine rings is 1. The Morgan fingerprint density at radius 3 is 2.76 bits per heavy atom. The van der Waals surface area contributed by atoms with Crippen molar-refractivity contribution in [1.29, 1.82) is 0 Å². The Bertz CT molecular complexity index is 704. The predicted molar refractivity (Wildman–Crippen MR) is 76.1 cm³/mol. The second-order valence-corrected chi connectivity index (χ2v) is 4.43. The number of nitrogens with one attached hydrogen (secondary N) is 1. The molecule has 0 saturated heterocycles. The van der Waals surface area contributed by atoms with Gasteiger partial charge < -0.3 is 16.3 Å². The molecule has 0 atom stereocenters. The van der Waals surface area contributed by atoms with Crippen LogP contribution in [-0.4, -0.2) is 21.9 Å². The molecule has 0 spiro atoms. The van der Waals surface area contributed by atoms with Crippen LogP contribution in [0.1, 0.15) is 16.1 Å². The van der Waals surface area contributed by atoms with E-state index < -0.39 is 11.7 Å². The Kier molecular flexibility index (Phi) is 4.34. The van der Waals surface area contributed by atoms with E-state index >= 15 is 0 Å². The van der Waals surface area contributed by atoms with Crippen LogP contribution >= 0.6 is 11.6 Å². The summed E-state index contributed by atoms with van der Waals surface area (Å²) >= 11 is 5.68. The minimum Gasteiger partial charge on any atom is -0.409 e. The number of hydrogen-bond donors (Lipinski definition) is 3. The quantitative estimate of drug-likeness (QED) is 0.350. The van der Waals surface area contributed by atoms with Crippen molar-refractivity contribution in [3.05, 3.63) is 58.6 Å². The second kappa shape index (κ2) is 6.19. The third-order valence-corrected chi connectivity index (χ3v) is 2.80. The maximum atomic E-state index is 13.2. The van der Waals surface area contributed by atoms with E-state index in [9.17, 15) is 9.18 Å². The molecule has 0 unspecified atom stereocenters. The largest absolute Gasteiger partial charge is 0.409 e. The highest BCUT2D eigenvalue weighted by atomic mass is 35.5. The number of oxime groups is 1. The monoisotopic (exact) mass is 308 g/mol. The number of amides is 1. The highest BCUT2D eigenvalue weighted by molar-refractivity contribution is 6.30. The van der Waals surface area contributed by atoms with Gasteiger partial charge in [-0.1, -0.05) is 16.8 Å². The van der Waals surface area contributed by atoms with Crippen molar-refractivity contribution >= 4 is 29.0 Å². The molecule has 2 aromatic rings. The molecule has 0 fully saturated rings. The number of carbonyl (C=O) groups excluding carboxylic acids is 1. The lowest BCUT2D eigenvalue weighted by Gasteiger charge is -2.10. The van der Waals surface area contributed by atoms with Crippen molar-refractivity contribution in [2.45, 2.75) is 0 Å². The van der Waals surface area contributed by atoms with Crippen LogP contribution in [0.25, 0.3) is 0 Å². The zero-order valence-corrected chi connectivity index (χ0v) is 11.3. The summed E-state index contributed by atoms with van der Waals surface area (Å²) in [4.78, 5) is 15.9. The molecule has 0 bridgehead atoms. The van der Waals surface area contributed by atoms with Gasteiger partial charge in [-0.15, -0.1) is 0 Å². The molecule has 21 heavy (non-hydrogen) atoms. The SMILES string of the molecule is N/C(=N/O)c1cc(F)ccc1NC(=O)c1ccc(Cl)cn1. The Hall–Kier alpha value is -2.67. The zero-order chi connectivity index (χ0) is 15.4. The molecule has 8 heteroatoms. The molecule has 1 heterocycles. The van der Waals surface area contributed by atoms with Gasteiger partial charge in [-0.2, -0.15) is 0 Å². The van der Waals surface area contributed by atoms with Gasteiger partial charge in [0.1, 0.15) is 11.5 Å². The van der Waals surface area contributed by atoms with E-state index in [1.165, 1.54) is 24.4 Å². The van der Waals surface area contributed by atoms with E-state index in [1.54, 1.807) is 0 Å². The van der Waals surface area contributed by atoms with Gasteiger partial charge in [-0.3, -0.25) is 4.79 Å². The van der Waals surface area contributed by atoms with Crippen LogP contribution in [-0.2, 0) is 0 Å². The minimum absolute atomic E-state index is 0.0554. The molecule has 1 aromatic carbocycles. The zero-order valence-electron chi connectivity index (χ0n) is 10.5. The van der Waals surface area contributed by atoms with E-state index in [2.05, 4.69) is 15.5 Å². The lowest BCUT2D eigenvalue weighted by atomic mass is 10.1. The first-order valence-electron chi connectivity index (χ1n) is 5.71. The van der Waals surface area contributed by atoms with Crippen molar-refractivity contribution in [1.82, 2.24) is 4.98 Å². The molecular weight excluding hydrogens is 299 g/mol. The molecule has 0 aliphatic carbocycles. The molecule has 0 saturated carbocycles. The second-order valence-electron chi connectivity index (χ2n) is 3.99. The first kappa shape index (κ1) is 14.7. The van der Waals surface area contributed by atoms with Crippen molar-refractivity contribution in [3.63, 3.8) is 0 Å². The van der Waals surface area contributed by atoms with Crippen molar-refractivity contribution in [3.8, 4) is 0 Å². The predicted octanol–water partition coefficient (Wildman–Crippen LogP) is 2.22. The van der Waals surface area contributed by atoms with Gasteiger partial charge in [0.2, 0.25) is 0 Å². The number of hydrogen-bond acceptors (Lipinski definition) is 4. The first-order chi connectivity index (χ1) is 10.0. The molecule has 1 aromatic heterocycles. The number of nitrogens with two attached hydrogens (primary N) is 1. The van der Waals surface area contributed by atoms with Crippen LogP contribution in [0, 0.1) is 5.82 Å². The van der Waals surface area contributed by atoms with Crippen molar-refractivity contribution < 1.29 is 14.4 Å². The maximum Gasteiger partial charge on any atom is 0.274 e. The number of aromatic nitrogens is 1. The van der Waals surface area contributed by atoms with E-state index in [1.807, 2.05) is 0 Å². The summed E-state index contributed by atoms with van der Waals surface area (Å²) in [5.41, 5.74) is 5.81. The Balaban J connectivity index is 2.31. The standard InChI is InChI=1S/C13H10ClFN4O2/c14-7-1-3-11(17-6-7)13(20)18-10-4-2-8(15)5-9(10)12(16)19-21/h1-6,21H,(H2,16,19)(H,18,20). The Morgan fingerprint density at radius 1 is 1.38 bits per heavy atom. The molecule has 0 aliphatic heterocycles. The molecule has 0 aliphatic rings. The summed E-state index contributed by atoms with van der Waals surface area (Å²) in [6.07, 6.45) is 1.32. The van der Waals surface area contributed by atoms with E-state index in [-0.39, 0.29) is 22.8 Å².